The van der Waals surface area contributed by atoms with E-state index in [0.29, 0.717) is 17.4 Å². The van der Waals surface area contributed by atoms with Crippen molar-refractivity contribution >= 4 is 17.3 Å². The quantitative estimate of drug-likeness (QED) is 0.512. The van der Waals surface area contributed by atoms with Crippen LogP contribution in [-0.2, 0) is 0 Å². The Kier molecular flexibility index (Phi) is 4.99. The number of amides is 1. The van der Waals surface area contributed by atoms with E-state index in [9.17, 15) is 4.79 Å². The largest absolute Gasteiger partial charge is 0.496 e. The Balaban J connectivity index is 1.46. The van der Waals surface area contributed by atoms with E-state index in [-0.39, 0.29) is 11.9 Å². The Hall–Kier alpha value is -3.53. The van der Waals surface area contributed by atoms with Gasteiger partial charge in [0.15, 0.2) is 0 Å². The van der Waals surface area contributed by atoms with Crippen LogP contribution in [0.4, 0.5) is 11.4 Å². The highest BCUT2D eigenvalue weighted by molar-refractivity contribution is 6.05. The van der Waals surface area contributed by atoms with Crippen molar-refractivity contribution in [2.45, 2.75) is 25.3 Å². The summed E-state index contributed by atoms with van der Waals surface area (Å²) in [5, 5.41) is 6.83. The normalized spacial score (nSPS) is 21.0. The summed E-state index contributed by atoms with van der Waals surface area (Å²) in [6, 6.07) is 22.2. The smallest absolute Gasteiger partial charge is 0.255 e. The monoisotopic (exact) mass is 410 g/mol. The van der Waals surface area contributed by atoms with E-state index < -0.39 is 0 Å². The average molecular weight is 411 g/mol. The van der Waals surface area contributed by atoms with Crippen LogP contribution in [-0.4, -0.2) is 13.0 Å². The maximum Gasteiger partial charge on any atom is 0.255 e. The number of hydrogen-bond donors (Lipinski definition) is 2. The molecular formula is C27H26N2O2. The lowest BCUT2D eigenvalue weighted by atomic mass is 9.76. The second-order valence-corrected chi connectivity index (χ2v) is 8.29. The number of benzene rings is 3. The van der Waals surface area contributed by atoms with Crippen molar-refractivity contribution in [3.05, 3.63) is 101 Å². The van der Waals surface area contributed by atoms with Gasteiger partial charge in [-0.15, -0.1) is 0 Å². The molecule has 31 heavy (non-hydrogen) atoms. The number of nitrogens with one attached hydrogen (secondary N) is 2. The summed E-state index contributed by atoms with van der Waals surface area (Å²) >= 11 is 0. The van der Waals surface area contributed by atoms with E-state index in [0.717, 1.165) is 29.1 Å². The number of ether oxygens (including phenoxy) is 1. The number of anilines is 2. The van der Waals surface area contributed by atoms with E-state index in [4.69, 9.17) is 4.74 Å². The van der Waals surface area contributed by atoms with Gasteiger partial charge in [0.2, 0.25) is 0 Å². The van der Waals surface area contributed by atoms with Gasteiger partial charge in [0.05, 0.1) is 13.2 Å². The Labute approximate surface area is 183 Å². The summed E-state index contributed by atoms with van der Waals surface area (Å²) in [6.45, 7) is 1.96. The first-order valence-corrected chi connectivity index (χ1v) is 10.7. The molecule has 1 aliphatic carbocycles. The van der Waals surface area contributed by atoms with Crippen LogP contribution in [0.2, 0.25) is 0 Å². The van der Waals surface area contributed by atoms with Crippen molar-refractivity contribution in [3.8, 4) is 5.75 Å². The maximum absolute atomic E-state index is 12.8. The highest BCUT2D eigenvalue weighted by Gasteiger charge is 2.39. The molecule has 156 valence electrons. The molecule has 2 N–H and O–H groups in total. The van der Waals surface area contributed by atoms with Crippen LogP contribution in [0.1, 0.15) is 45.4 Å². The van der Waals surface area contributed by atoms with Crippen LogP contribution >= 0.6 is 0 Å². The van der Waals surface area contributed by atoms with Gasteiger partial charge >= 0.3 is 0 Å². The summed E-state index contributed by atoms with van der Waals surface area (Å²) in [4.78, 5) is 12.8. The SMILES string of the molecule is COc1ccccc1C1Nc2ccc(NC(=O)c3ccccc3C)cc2C2C=CCC21. The summed E-state index contributed by atoms with van der Waals surface area (Å²) < 4.78 is 5.64. The summed E-state index contributed by atoms with van der Waals surface area (Å²) in [6.07, 6.45) is 5.59. The van der Waals surface area contributed by atoms with Crippen molar-refractivity contribution in [2.75, 3.05) is 17.7 Å². The molecule has 1 heterocycles. The lowest BCUT2D eigenvalue weighted by Gasteiger charge is -2.38. The number of carbonyl (C=O) groups excluding carboxylic acids is 1. The van der Waals surface area contributed by atoms with Gasteiger partial charge in [-0.1, -0.05) is 48.6 Å². The summed E-state index contributed by atoms with van der Waals surface area (Å²) in [7, 11) is 1.73. The van der Waals surface area contributed by atoms with Crippen LogP contribution in [0.3, 0.4) is 0 Å². The highest BCUT2D eigenvalue weighted by atomic mass is 16.5. The number of allylic oxidation sites excluding steroid dienone is 2. The van der Waals surface area contributed by atoms with E-state index in [1.807, 2.05) is 49.4 Å². The molecule has 3 unspecified atom stereocenters. The third kappa shape index (κ3) is 3.48. The van der Waals surface area contributed by atoms with Gasteiger partial charge < -0.3 is 15.4 Å². The molecular weight excluding hydrogens is 384 g/mol. The van der Waals surface area contributed by atoms with Crippen molar-refractivity contribution in [1.29, 1.82) is 0 Å². The molecule has 0 bridgehead atoms. The molecule has 0 radical (unpaired) electrons. The number of carbonyl (C=O) groups is 1. The number of para-hydroxylation sites is 1. The maximum atomic E-state index is 12.8. The zero-order valence-electron chi connectivity index (χ0n) is 17.8. The average Bonchev–Trinajstić information content (AvgIpc) is 3.29. The van der Waals surface area contributed by atoms with E-state index >= 15 is 0 Å². The predicted octanol–water partition coefficient (Wildman–Crippen LogP) is 6.08. The van der Waals surface area contributed by atoms with Gasteiger partial charge in [-0.3, -0.25) is 4.79 Å². The van der Waals surface area contributed by atoms with E-state index in [2.05, 4.69) is 47.1 Å². The standard InChI is InChI=1S/C27H26N2O2/c1-17-8-3-4-9-19(17)27(30)28-18-14-15-24-23(16-18)20-11-7-12-21(20)26(29-24)22-10-5-6-13-25(22)31-2/h3-11,13-16,20-21,26,29H,12H2,1-2H3,(H,28,30). The molecule has 3 atom stereocenters. The fraction of sp³-hybridized carbons (Fsp3) is 0.222. The molecule has 1 amide bonds. The van der Waals surface area contributed by atoms with Crippen LogP contribution in [0.15, 0.2) is 78.9 Å². The first-order valence-electron chi connectivity index (χ1n) is 10.7. The molecule has 5 rings (SSSR count). The number of aryl methyl sites for hydroxylation is 1. The van der Waals surface area contributed by atoms with E-state index in [1.54, 1.807) is 7.11 Å². The van der Waals surface area contributed by atoms with Crippen molar-refractivity contribution < 1.29 is 9.53 Å². The third-order valence-electron chi connectivity index (χ3n) is 6.48. The van der Waals surface area contributed by atoms with Crippen molar-refractivity contribution in [3.63, 3.8) is 0 Å². The Bertz CT molecular complexity index is 1170. The molecule has 0 saturated carbocycles. The molecule has 3 aromatic rings. The number of hydrogen-bond acceptors (Lipinski definition) is 3. The Morgan fingerprint density at radius 2 is 1.84 bits per heavy atom. The second-order valence-electron chi connectivity index (χ2n) is 8.29. The fourth-order valence-corrected chi connectivity index (χ4v) is 4.93. The first-order chi connectivity index (χ1) is 15.2. The summed E-state index contributed by atoms with van der Waals surface area (Å²) in [5.74, 6) is 1.55. The van der Waals surface area contributed by atoms with Crippen LogP contribution in [0.5, 0.6) is 5.75 Å². The molecule has 2 aliphatic rings. The van der Waals surface area contributed by atoms with Crippen LogP contribution in [0, 0.1) is 12.8 Å². The first kappa shape index (κ1) is 19.4. The molecule has 1 aliphatic heterocycles. The van der Waals surface area contributed by atoms with Crippen molar-refractivity contribution in [1.82, 2.24) is 0 Å². The molecule has 4 heteroatoms. The zero-order valence-corrected chi connectivity index (χ0v) is 17.8. The molecule has 0 spiro atoms. The summed E-state index contributed by atoms with van der Waals surface area (Å²) in [5.41, 5.74) is 6.02. The van der Waals surface area contributed by atoms with Gasteiger partial charge in [-0.05, 0) is 60.7 Å². The van der Waals surface area contributed by atoms with Gasteiger partial charge in [0.25, 0.3) is 5.91 Å². The molecule has 3 aromatic carbocycles. The lowest BCUT2D eigenvalue weighted by Crippen LogP contribution is -2.29. The zero-order chi connectivity index (χ0) is 21.4. The van der Waals surface area contributed by atoms with Crippen molar-refractivity contribution in [2.24, 2.45) is 5.92 Å². The minimum absolute atomic E-state index is 0.0766. The fourth-order valence-electron chi connectivity index (χ4n) is 4.93. The van der Waals surface area contributed by atoms with Gasteiger partial charge in [0.1, 0.15) is 5.75 Å². The van der Waals surface area contributed by atoms with Gasteiger partial charge in [-0.2, -0.15) is 0 Å². The lowest BCUT2D eigenvalue weighted by molar-refractivity contribution is 0.102. The molecule has 0 saturated heterocycles. The molecule has 4 nitrogen and oxygen atoms in total. The second kappa shape index (κ2) is 7.95. The number of methoxy groups -OCH3 is 1. The highest BCUT2D eigenvalue weighted by Crippen LogP contribution is 2.51. The number of rotatable bonds is 4. The topological polar surface area (TPSA) is 50.4 Å². The number of fused-ring (bicyclic) bond motifs is 3. The molecule has 0 fully saturated rings. The molecule has 0 aromatic heterocycles. The third-order valence-corrected chi connectivity index (χ3v) is 6.48. The Morgan fingerprint density at radius 3 is 2.68 bits per heavy atom. The predicted molar refractivity (Wildman–Crippen MR) is 125 cm³/mol. The van der Waals surface area contributed by atoms with Gasteiger partial charge in [0, 0.05) is 28.4 Å². The van der Waals surface area contributed by atoms with E-state index in [1.165, 1.54) is 11.1 Å². The minimum atomic E-state index is -0.0766. The van der Waals surface area contributed by atoms with Gasteiger partial charge in [-0.25, -0.2) is 0 Å². The van der Waals surface area contributed by atoms with Crippen LogP contribution < -0.4 is 15.4 Å². The Morgan fingerprint density at radius 1 is 1.03 bits per heavy atom. The minimum Gasteiger partial charge on any atom is -0.496 e. The van der Waals surface area contributed by atoms with Crippen LogP contribution in [0.25, 0.3) is 0 Å².